The van der Waals surface area contributed by atoms with Crippen molar-refractivity contribution in [2.24, 2.45) is 0 Å². The highest BCUT2D eigenvalue weighted by molar-refractivity contribution is 6.10. The van der Waals surface area contributed by atoms with Gasteiger partial charge in [0.25, 0.3) is 0 Å². The lowest BCUT2D eigenvalue weighted by Crippen LogP contribution is -2.00. The second-order valence-electron chi connectivity index (χ2n) is 8.22. The van der Waals surface area contributed by atoms with E-state index in [9.17, 15) is 0 Å². The molecule has 3 aromatic rings. The van der Waals surface area contributed by atoms with Gasteiger partial charge in [-0.2, -0.15) is 0 Å². The van der Waals surface area contributed by atoms with Crippen molar-refractivity contribution >= 4 is 28.5 Å². The Bertz CT molecular complexity index is 1200. The van der Waals surface area contributed by atoms with E-state index in [0.29, 0.717) is 0 Å². The summed E-state index contributed by atoms with van der Waals surface area (Å²) in [6, 6.07) is 15.4. The molecule has 158 valence electrons. The van der Waals surface area contributed by atoms with Gasteiger partial charge >= 0.3 is 0 Å². The molecule has 0 atom stereocenters. The van der Waals surface area contributed by atoms with E-state index in [2.05, 4.69) is 115 Å². The monoisotopic (exact) mass is 406 g/mol. The number of allylic oxidation sites excluding steroid dienone is 5. The molecule has 0 heterocycles. The quantitative estimate of drug-likeness (QED) is 0.357. The van der Waals surface area contributed by atoms with E-state index in [1.54, 1.807) is 0 Å². The number of hydrogen-bond donors (Lipinski definition) is 0. The largest absolute Gasteiger partial charge is 0.0984 e. The molecule has 0 aliphatic heterocycles. The van der Waals surface area contributed by atoms with Crippen molar-refractivity contribution in [3.63, 3.8) is 0 Å². The van der Waals surface area contributed by atoms with Crippen LogP contribution in [0.1, 0.15) is 61.9 Å². The first-order valence-electron chi connectivity index (χ1n) is 11.2. The molecule has 3 aromatic carbocycles. The fraction of sp³-hybridized carbons (Fsp3) is 0.226. The second-order valence-corrected chi connectivity index (χ2v) is 8.22. The van der Waals surface area contributed by atoms with Crippen molar-refractivity contribution < 1.29 is 0 Å². The van der Waals surface area contributed by atoms with Crippen LogP contribution in [0.25, 0.3) is 39.6 Å². The zero-order valence-corrected chi connectivity index (χ0v) is 19.8. The fourth-order valence-electron chi connectivity index (χ4n) is 4.23. The lowest BCUT2D eigenvalue weighted by Gasteiger charge is -2.22. The maximum Gasteiger partial charge on any atom is -0.00265 e. The Morgan fingerprint density at radius 1 is 0.935 bits per heavy atom. The molecule has 0 unspecified atom stereocenters. The van der Waals surface area contributed by atoms with Crippen LogP contribution in [0.5, 0.6) is 0 Å². The average molecular weight is 407 g/mol. The van der Waals surface area contributed by atoms with Gasteiger partial charge in [0.1, 0.15) is 0 Å². The highest BCUT2D eigenvalue weighted by atomic mass is 14.2. The molecule has 0 fully saturated rings. The van der Waals surface area contributed by atoms with E-state index < -0.39 is 0 Å². The Morgan fingerprint density at radius 2 is 1.58 bits per heavy atom. The summed E-state index contributed by atoms with van der Waals surface area (Å²) in [5, 5.41) is 2.59. The highest BCUT2D eigenvalue weighted by Gasteiger charge is 2.20. The van der Waals surface area contributed by atoms with Crippen LogP contribution in [-0.2, 0) is 0 Å². The molecule has 0 nitrogen and oxygen atoms in total. The van der Waals surface area contributed by atoms with E-state index in [-0.39, 0.29) is 0 Å². The zero-order chi connectivity index (χ0) is 22.5. The van der Waals surface area contributed by atoms with Crippen LogP contribution in [0.15, 0.2) is 72.8 Å². The molecule has 0 aliphatic rings. The van der Waals surface area contributed by atoms with Crippen LogP contribution in [0.2, 0.25) is 0 Å². The molecule has 31 heavy (non-hydrogen) atoms. The summed E-state index contributed by atoms with van der Waals surface area (Å²) >= 11 is 0. The molecule has 0 saturated carbocycles. The molecule has 0 aliphatic carbocycles. The smallest absolute Gasteiger partial charge is 0.00265 e. The van der Waals surface area contributed by atoms with Gasteiger partial charge in [0.2, 0.25) is 0 Å². The molecule has 3 rings (SSSR count). The SMILES string of the molecule is C=Cc1c(/C=C(/C)CC)c(C(/C=C\C)=C/C)c2cc(C)c(C)cc2c1-c1ccccc1. The topological polar surface area (TPSA) is 0 Å². The third-order valence-corrected chi connectivity index (χ3v) is 6.16. The number of hydrogen-bond acceptors (Lipinski definition) is 0. The fourth-order valence-corrected chi connectivity index (χ4v) is 4.23. The third kappa shape index (κ3) is 4.35. The average Bonchev–Trinajstić information content (AvgIpc) is 2.78. The lowest BCUT2D eigenvalue weighted by molar-refractivity contribution is 1.11. The minimum Gasteiger partial charge on any atom is -0.0984 e. The van der Waals surface area contributed by atoms with Crippen LogP contribution in [0.3, 0.4) is 0 Å². The van der Waals surface area contributed by atoms with Gasteiger partial charge in [-0.3, -0.25) is 0 Å². The first-order valence-corrected chi connectivity index (χ1v) is 11.2. The van der Waals surface area contributed by atoms with Gasteiger partial charge in [-0.1, -0.05) is 91.9 Å². The summed E-state index contributed by atoms with van der Waals surface area (Å²) in [6.45, 7) is 17.3. The number of aryl methyl sites for hydroxylation is 2. The van der Waals surface area contributed by atoms with Gasteiger partial charge in [-0.15, -0.1) is 0 Å². The van der Waals surface area contributed by atoms with E-state index in [4.69, 9.17) is 0 Å². The van der Waals surface area contributed by atoms with Crippen LogP contribution < -0.4 is 0 Å². The Labute approximate surface area is 188 Å². The summed E-state index contributed by atoms with van der Waals surface area (Å²) in [6.07, 6.45) is 12.0. The zero-order valence-electron chi connectivity index (χ0n) is 19.8. The van der Waals surface area contributed by atoms with E-state index in [1.807, 2.05) is 6.08 Å². The predicted molar refractivity (Wildman–Crippen MR) is 141 cm³/mol. The molecular weight excluding hydrogens is 372 g/mol. The molecule has 0 radical (unpaired) electrons. The van der Waals surface area contributed by atoms with Gasteiger partial charge in [-0.25, -0.2) is 0 Å². The van der Waals surface area contributed by atoms with Gasteiger partial charge < -0.3 is 0 Å². The van der Waals surface area contributed by atoms with E-state index in [1.165, 1.54) is 60.9 Å². The van der Waals surface area contributed by atoms with E-state index in [0.717, 1.165) is 6.42 Å². The van der Waals surface area contributed by atoms with Gasteiger partial charge in [-0.05, 0) is 96.3 Å². The normalized spacial score (nSPS) is 12.7. The standard InChI is InChI=1S/C31H34/c1-8-15-24(10-3)30-27(18-21(5)9-2)26(11-4)31(25-16-13-12-14-17-25)29-20-23(7)22(6)19-28(29)30/h8,10-20H,4,9H2,1-3,5-7H3/b15-8-,21-18-,24-10+. The number of benzene rings is 3. The summed E-state index contributed by atoms with van der Waals surface area (Å²) in [4.78, 5) is 0. The van der Waals surface area contributed by atoms with Gasteiger partial charge in [0.05, 0.1) is 0 Å². The van der Waals surface area contributed by atoms with Crippen LogP contribution >= 0.6 is 0 Å². The highest BCUT2D eigenvalue weighted by Crippen LogP contribution is 2.43. The van der Waals surface area contributed by atoms with Crippen LogP contribution in [-0.4, -0.2) is 0 Å². The van der Waals surface area contributed by atoms with Crippen molar-refractivity contribution in [3.8, 4) is 11.1 Å². The van der Waals surface area contributed by atoms with Crippen molar-refractivity contribution in [2.75, 3.05) is 0 Å². The minimum absolute atomic E-state index is 1.02. The Kier molecular flexibility index (Phi) is 7.13. The first-order chi connectivity index (χ1) is 15.0. The summed E-state index contributed by atoms with van der Waals surface area (Å²) < 4.78 is 0. The van der Waals surface area contributed by atoms with Crippen molar-refractivity contribution in [1.82, 2.24) is 0 Å². The molecule has 0 amide bonds. The number of rotatable bonds is 6. The van der Waals surface area contributed by atoms with Crippen LogP contribution in [0, 0.1) is 13.8 Å². The van der Waals surface area contributed by atoms with Crippen molar-refractivity contribution in [3.05, 3.63) is 101 Å². The molecule has 0 spiro atoms. The van der Waals surface area contributed by atoms with Crippen molar-refractivity contribution in [2.45, 2.75) is 48.0 Å². The Balaban J connectivity index is 2.68. The molecule has 0 saturated heterocycles. The number of fused-ring (bicyclic) bond motifs is 1. The van der Waals surface area contributed by atoms with Gasteiger partial charge in [0.15, 0.2) is 0 Å². The van der Waals surface area contributed by atoms with E-state index >= 15 is 0 Å². The molecule has 0 aromatic heterocycles. The summed E-state index contributed by atoms with van der Waals surface area (Å²) in [7, 11) is 0. The molecule has 0 heteroatoms. The van der Waals surface area contributed by atoms with Crippen molar-refractivity contribution in [1.29, 1.82) is 0 Å². The maximum absolute atomic E-state index is 4.26. The van der Waals surface area contributed by atoms with Gasteiger partial charge in [0, 0.05) is 0 Å². The maximum atomic E-state index is 4.26. The Morgan fingerprint density at radius 3 is 2.13 bits per heavy atom. The second kappa shape index (κ2) is 9.79. The first kappa shape index (κ1) is 22.6. The third-order valence-electron chi connectivity index (χ3n) is 6.16. The summed E-state index contributed by atoms with van der Waals surface area (Å²) in [5.74, 6) is 0. The molecule has 0 bridgehead atoms. The Hall–Kier alpha value is -3.12. The van der Waals surface area contributed by atoms with Crippen LogP contribution in [0.4, 0.5) is 0 Å². The summed E-state index contributed by atoms with van der Waals surface area (Å²) in [5.41, 5.74) is 11.5. The molecular formula is C31H34. The minimum atomic E-state index is 1.02. The lowest BCUT2D eigenvalue weighted by atomic mass is 9.81. The predicted octanol–water partition coefficient (Wildman–Crippen LogP) is 9.56. The molecule has 0 N–H and O–H groups in total.